The van der Waals surface area contributed by atoms with Crippen molar-refractivity contribution in [2.75, 3.05) is 61.3 Å². The third kappa shape index (κ3) is 6.47. The van der Waals surface area contributed by atoms with Gasteiger partial charge in [-0.15, -0.1) is 0 Å². The van der Waals surface area contributed by atoms with Gasteiger partial charge in [-0.1, -0.05) is 6.58 Å². The minimum Gasteiger partial charge on any atom is -0.494 e. The summed E-state index contributed by atoms with van der Waals surface area (Å²) in [5.74, 6) is 0.422. The van der Waals surface area contributed by atoms with Gasteiger partial charge in [0.15, 0.2) is 5.82 Å². The molecule has 2 N–H and O–H groups in total. The Balaban J connectivity index is 1.38. The Bertz CT molecular complexity index is 1710. The zero-order valence-corrected chi connectivity index (χ0v) is 28.1. The number of likely N-dealkylation sites (N-methyl/N-ethyl adjacent to an activating group) is 2. The summed E-state index contributed by atoms with van der Waals surface area (Å²) in [5, 5.41) is 6.26. The van der Waals surface area contributed by atoms with Crippen LogP contribution in [0.15, 0.2) is 43.1 Å². The molecule has 1 saturated carbocycles. The molecule has 1 spiro atoms. The molecule has 12 nitrogen and oxygen atoms in total. The fourth-order valence-corrected chi connectivity index (χ4v) is 6.60. The van der Waals surface area contributed by atoms with Gasteiger partial charge in [0.1, 0.15) is 11.3 Å². The number of rotatable bonds is 11. The van der Waals surface area contributed by atoms with Gasteiger partial charge in [0.2, 0.25) is 11.9 Å². The molecule has 12 heteroatoms. The van der Waals surface area contributed by atoms with E-state index in [-0.39, 0.29) is 28.9 Å². The third-order valence-electron chi connectivity index (χ3n) is 9.28. The van der Waals surface area contributed by atoms with E-state index in [2.05, 4.69) is 43.9 Å². The number of aromatic nitrogens is 3. The van der Waals surface area contributed by atoms with Crippen molar-refractivity contribution in [1.29, 1.82) is 0 Å². The number of carbonyl (C=O) groups is 2. The van der Waals surface area contributed by atoms with Crippen molar-refractivity contribution in [3.8, 4) is 5.75 Å². The zero-order valence-electron chi connectivity index (χ0n) is 28.1. The maximum absolute atomic E-state index is 13.3. The van der Waals surface area contributed by atoms with Crippen molar-refractivity contribution < 1.29 is 19.1 Å². The largest absolute Gasteiger partial charge is 0.494 e. The number of nitrogens with zero attached hydrogens (tertiary/aromatic N) is 6. The average Bonchev–Trinajstić information content (AvgIpc) is 3.62. The van der Waals surface area contributed by atoms with Crippen LogP contribution in [0.4, 0.5) is 34.5 Å². The summed E-state index contributed by atoms with van der Waals surface area (Å²) < 4.78 is 11.4. The SMILES string of the molecule is C=CC(=O)Nc1cc(Nc2ncc(C(=O)OC(C)C)c(N3CC4(CC4)c4nc(C)ccc43)n2)c(OC)cc1N(C)C[C@@H]1CCCN1C. The van der Waals surface area contributed by atoms with Gasteiger partial charge in [-0.25, -0.2) is 9.78 Å². The second-order valence-electron chi connectivity index (χ2n) is 13.1. The van der Waals surface area contributed by atoms with Gasteiger partial charge in [0.25, 0.3) is 0 Å². The standard InChI is InChI=1S/C35H44N8O4/c1-8-30(44)38-25-16-26(29(46-7)17-28(25)42(6)19-23-10-9-15-41(23)5)39-34-36-18-24(33(45)47-21(2)3)32(40-34)43-20-35(13-14-35)31-27(43)12-11-22(4)37-31/h8,11-12,16-18,21,23H,1,9-10,13-15,19-20H2,2-7H3,(H,38,44)(H,36,39,40)/t23-/m0/s1. The third-order valence-corrected chi connectivity index (χ3v) is 9.28. The molecule has 6 rings (SSSR count). The molecule has 1 aromatic carbocycles. The summed E-state index contributed by atoms with van der Waals surface area (Å²) in [7, 11) is 5.75. The van der Waals surface area contributed by atoms with E-state index >= 15 is 0 Å². The van der Waals surface area contributed by atoms with Gasteiger partial charge in [-0.3, -0.25) is 9.78 Å². The summed E-state index contributed by atoms with van der Waals surface area (Å²) >= 11 is 0. The van der Waals surface area contributed by atoms with E-state index in [0.29, 0.717) is 35.5 Å². The quantitative estimate of drug-likeness (QED) is 0.209. The number of aryl methyl sites for hydroxylation is 1. The molecule has 3 aliphatic rings. The van der Waals surface area contributed by atoms with Crippen LogP contribution in [0.25, 0.3) is 0 Å². The fourth-order valence-electron chi connectivity index (χ4n) is 6.60. The molecule has 2 aliphatic heterocycles. The first-order valence-electron chi connectivity index (χ1n) is 16.2. The average molecular weight is 641 g/mol. The predicted octanol–water partition coefficient (Wildman–Crippen LogP) is 5.34. The molecule has 0 bridgehead atoms. The molecular formula is C35H44N8O4. The molecule has 4 heterocycles. The van der Waals surface area contributed by atoms with Crippen LogP contribution >= 0.6 is 0 Å². The molecule has 1 aliphatic carbocycles. The maximum Gasteiger partial charge on any atom is 0.343 e. The summed E-state index contributed by atoms with van der Waals surface area (Å²) in [5.41, 5.74) is 5.10. The fraction of sp³-hybridized carbons (Fsp3) is 0.457. The highest BCUT2D eigenvalue weighted by atomic mass is 16.5. The molecule has 1 amide bonds. The molecule has 47 heavy (non-hydrogen) atoms. The normalized spacial score (nSPS) is 17.9. The topological polar surface area (TPSA) is 125 Å². The Labute approximate surface area is 276 Å². The Hall–Kier alpha value is -4.71. The number of amides is 1. The zero-order chi connectivity index (χ0) is 33.5. The molecule has 3 aromatic rings. The lowest BCUT2D eigenvalue weighted by Gasteiger charge is -2.29. The summed E-state index contributed by atoms with van der Waals surface area (Å²) in [6.45, 7) is 11.8. The van der Waals surface area contributed by atoms with Crippen LogP contribution in [0.3, 0.4) is 0 Å². The van der Waals surface area contributed by atoms with E-state index in [1.54, 1.807) is 7.11 Å². The Morgan fingerprint density at radius 2 is 2.00 bits per heavy atom. The van der Waals surface area contributed by atoms with Crippen LogP contribution in [-0.4, -0.2) is 84.7 Å². The van der Waals surface area contributed by atoms with E-state index in [1.807, 2.05) is 52.1 Å². The molecule has 0 radical (unpaired) electrons. The Morgan fingerprint density at radius 3 is 2.66 bits per heavy atom. The Morgan fingerprint density at radius 1 is 1.21 bits per heavy atom. The maximum atomic E-state index is 13.3. The van der Waals surface area contributed by atoms with Gasteiger partial charge < -0.3 is 34.8 Å². The number of benzene rings is 1. The van der Waals surface area contributed by atoms with E-state index in [0.717, 1.165) is 61.5 Å². The molecule has 1 saturated heterocycles. The van der Waals surface area contributed by atoms with Crippen molar-refractivity contribution >= 4 is 46.4 Å². The van der Waals surface area contributed by atoms with E-state index in [9.17, 15) is 9.59 Å². The first-order valence-corrected chi connectivity index (χ1v) is 16.2. The van der Waals surface area contributed by atoms with Gasteiger partial charge in [-0.05, 0) is 84.3 Å². The molecule has 1 atom stereocenters. The number of carbonyl (C=O) groups excluding carboxylic acids is 2. The molecule has 0 unspecified atom stereocenters. The van der Waals surface area contributed by atoms with Gasteiger partial charge in [0, 0.05) is 49.6 Å². The van der Waals surface area contributed by atoms with Crippen LogP contribution in [0.1, 0.15) is 61.3 Å². The lowest BCUT2D eigenvalue weighted by atomic mass is 10.0. The molecular weight excluding hydrogens is 596 g/mol. The van der Waals surface area contributed by atoms with Gasteiger partial charge in [0.05, 0.1) is 41.7 Å². The van der Waals surface area contributed by atoms with Crippen molar-refractivity contribution in [1.82, 2.24) is 19.9 Å². The number of hydrogen-bond acceptors (Lipinski definition) is 11. The summed E-state index contributed by atoms with van der Waals surface area (Å²) in [4.78, 5) is 46.8. The summed E-state index contributed by atoms with van der Waals surface area (Å²) in [6, 6.07) is 8.14. The van der Waals surface area contributed by atoms with Crippen molar-refractivity contribution in [2.45, 2.75) is 64.0 Å². The minimum atomic E-state index is -0.493. The molecule has 248 valence electrons. The van der Waals surface area contributed by atoms with Crippen LogP contribution < -0.4 is 25.2 Å². The van der Waals surface area contributed by atoms with E-state index in [4.69, 9.17) is 19.4 Å². The van der Waals surface area contributed by atoms with Crippen molar-refractivity contribution in [3.05, 3.63) is 60.1 Å². The monoisotopic (exact) mass is 640 g/mol. The highest BCUT2D eigenvalue weighted by Crippen LogP contribution is 2.57. The van der Waals surface area contributed by atoms with Gasteiger partial charge >= 0.3 is 5.97 Å². The molecule has 2 aromatic heterocycles. The minimum absolute atomic E-state index is 0.0459. The summed E-state index contributed by atoms with van der Waals surface area (Å²) in [6.07, 6.45) is 6.78. The van der Waals surface area contributed by atoms with Crippen LogP contribution in [0.2, 0.25) is 0 Å². The number of esters is 1. The first kappa shape index (κ1) is 32.2. The highest BCUT2D eigenvalue weighted by molar-refractivity contribution is 6.02. The number of methoxy groups -OCH3 is 1. The lowest BCUT2D eigenvalue weighted by Crippen LogP contribution is -2.37. The second-order valence-corrected chi connectivity index (χ2v) is 13.1. The first-order chi connectivity index (χ1) is 22.5. The number of ether oxygens (including phenoxy) is 2. The van der Waals surface area contributed by atoms with Crippen LogP contribution in [-0.2, 0) is 14.9 Å². The lowest BCUT2D eigenvalue weighted by molar-refractivity contribution is -0.111. The van der Waals surface area contributed by atoms with E-state index in [1.165, 1.54) is 12.3 Å². The van der Waals surface area contributed by atoms with Crippen LogP contribution in [0.5, 0.6) is 5.75 Å². The Kier molecular flexibility index (Phi) is 8.80. The molecule has 2 fully saturated rings. The number of pyridine rings is 1. The number of nitrogens with one attached hydrogen (secondary N) is 2. The van der Waals surface area contributed by atoms with E-state index < -0.39 is 5.97 Å². The number of hydrogen-bond donors (Lipinski definition) is 2. The second kappa shape index (κ2) is 12.8. The smallest absolute Gasteiger partial charge is 0.343 e. The number of fused-ring (bicyclic) bond motifs is 2. The predicted molar refractivity (Wildman–Crippen MR) is 184 cm³/mol. The van der Waals surface area contributed by atoms with Gasteiger partial charge in [-0.2, -0.15) is 4.98 Å². The number of anilines is 6. The van der Waals surface area contributed by atoms with Crippen LogP contribution in [0, 0.1) is 6.92 Å². The van der Waals surface area contributed by atoms with Crippen molar-refractivity contribution in [3.63, 3.8) is 0 Å². The highest BCUT2D eigenvalue weighted by Gasteiger charge is 2.54. The van der Waals surface area contributed by atoms with Crippen molar-refractivity contribution in [2.24, 2.45) is 0 Å². The number of likely N-dealkylation sites (tertiary alicyclic amines) is 1.